The Hall–Kier alpha value is -2.50. The molecule has 0 fully saturated rings. The Bertz CT molecular complexity index is 671. The summed E-state index contributed by atoms with van der Waals surface area (Å²) in [5, 5.41) is 8.47. The highest BCUT2D eigenvalue weighted by Gasteiger charge is 2.18. The molecule has 0 aliphatic heterocycles. The molecule has 0 spiro atoms. The summed E-state index contributed by atoms with van der Waals surface area (Å²) in [5.41, 5.74) is 1.22. The number of carbonyl (C=O) groups is 3. The van der Waals surface area contributed by atoms with Crippen molar-refractivity contribution in [2.75, 3.05) is 0 Å². The summed E-state index contributed by atoms with van der Waals surface area (Å²) < 4.78 is 5.26. The Morgan fingerprint density at radius 3 is 2.68 bits per heavy atom. The summed E-state index contributed by atoms with van der Waals surface area (Å²) in [6, 6.07) is 4.49. The summed E-state index contributed by atoms with van der Waals surface area (Å²) in [4.78, 5) is 37.8. The van der Waals surface area contributed by atoms with E-state index in [1.54, 1.807) is 13.0 Å². The zero-order chi connectivity index (χ0) is 14.0. The lowest BCUT2D eigenvalue weighted by Gasteiger charge is -1.98. The number of Topliss-reactive ketones (excluding diaryl/α,β-unsaturated/α-hetero) is 2. The molecule has 2 rings (SSSR count). The minimum absolute atomic E-state index is 0.191. The van der Waals surface area contributed by atoms with E-state index >= 15 is 0 Å². The predicted octanol–water partition coefficient (Wildman–Crippen LogP) is 1.75. The summed E-state index contributed by atoms with van der Waals surface area (Å²) >= 11 is 0. The van der Waals surface area contributed by atoms with Crippen molar-refractivity contribution in [1.82, 2.24) is 4.98 Å². The van der Waals surface area contributed by atoms with Crippen molar-refractivity contribution in [2.24, 2.45) is 0 Å². The second-order valence-corrected chi connectivity index (χ2v) is 4.06. The highest BCUT2D eigenvalue weighted by Crippen LogP contribution is 2.17. The van der Waals surface area contributed by atoms with Crippen molar-refractivity contribution in [3.63, 3.8) is 0 Å². The predicted molar refractivity (Wildman–Crippen MR) is 65.0 cm³/mol. The van der Waals surface area contributed by atoms with Crippen LogP contribution in [0.25, 0.3) is 11.1 Å². The molecule has 0 atom stereocenters. The standard InChI is InChI=1S/C13H11NO5/c1-7-14-9-6-8(2-4-11(9)19-7)13(18)10(15)3-5-12(16)17/h2,4,6H,3,5H2,1H3,(H,16,17). The van der Waals surface area contributed by atoms with Crippen LogP contribution in [-0.4, -0.2) is 27.6 Å². The molecule has 0 bridgehead atoms. The van der Waals surface area contributed by atoms with Gasteiger partial charge in [0, 0.05) is 18.9 Å². The Kier molecular flexibility index (Phi) is 3.41. The number of ketones is 2. The first-order valence-electron chi connectivity index (χ1n) is 5.64. The first-order valence-corrected chi connectivity index (χ1v) is 5.64. The number of oxazole rings is 1. The van der Waals surface area contributed by atoms with E-state index in [1.165, 1.54) is 12.1 Å². The average Bonchev–Trinajstić information content (AvgIpc) is 2.73. The van der Waals surface area contributed by atoms with E-state index in [0.29, 0.717) is 17.0 Å². The van der Waals surface area contributed by atoms with Crippen LogP contribution < -0.4 is 0 Å². The molecule has 1 heterocycles. The van der Waals surface area contributed by atoms with Gasteiger partial charge in [-0.3, -0.25) is 14.4 Å². The quantitative estimate of drug-likeness (QED) is 0.650. The summed E-state index contributed by atoms with van der Waals surface area (Å²) in [7, 11) is 0. The molecule has 0 saturated heterocycles. The van der Waals surface area contributed by atoms with Gasteiger partial charge in [0.05, 0.1) is 6.42 Å². The van der Waals surface area contributed by atoms with Crippen molar-refractivity contribution < 1.29 is 23.9 Å². The zero-order valence-corrected chi connectivity index (χ0v) is 10.2. The van der Waals surface area contributed by atoms with Crippen LogP contribution in [0, 0.1) is 6.92 Å². The van der Waals surface area contributed by atoms with Gasteiger partial charge in [-0.1, -0.05) is 0 Å². The third-order valence-electron chi connectivity index (χ3n) is 2.58. The fourth-order valence-corrected chi connectivity index (χ4v) is 1.68. The summed E-state index contributed by atoms with van der Waals surface area (Å²) in [5.74, 6) is -2.06. The number of rotatable bonds is 5. The second kappa shape index (κ2) is 5.01. The molecule has 19 heavy (non-hydrogen) atoms. The largest absolute Gasteiger partial charge is 0.481 e. The molecule has 0 aliphatic carbocycles. The minimum Gasteiger partial charge on any atom is -0.481 e. The number of hydrogen-bond acceptors (Lipinski definition) is 5. The van der Waals surface area contributed by atoms with E-state index in [-0.39, 0.29) is 18.4 Å². The minimum atomic E-state index is -1.11. The van der Waals surface area contributed by atoms with Crippen LogP contribution >= 0.6 is 0 Å². The Morgan fingerprint density at radius 2 is 2.00 bits per heavy atom. The fourth-order valence-electron chi connectivity index (χ4n) is 1.68. The van der Waals surface area contributed by atoms with Gasteiger partial charge in [-0.25, -0.2) is 4.98 Å². The summed E-state index contributed by atoms with van der Waals surface area (Å²) in [6.45, 7) is 1.68. The average molecular weight is 261 g/mol. The molecule has 0 radical (unpaired) electrons. The molecular weight excluding hydrogens is 250 g/mol. The first kappa shape index (κ1) is 12.9. The van der Waals surface area contributed by atoms with Gasteiger partial charge in [0.25, 0.3) is 0 Å². The molecular formula is C13H11NO5. The number of fused-ring (bicyclic) bond motifs is 1. The van der Waals surface area contributed by atoms with Gasteiger partial charge >= 0.3 is 5.97 Å². The lowest BCUT2D eigenvalue weighted by molar-refractivity contribution is -0.138. The molecule has 0 saturated carbocycles. The van der Waals surface area contributed by atoms with E-state index in [9.17, 15) is 14.4 Å². The number of aliphatic carboxylic acids is 1. The lowest BCUT2D eigenvalue weighted by atomic mass is 10.0. The van der Waals surface area contributed by atoms with Crippen molar-refractivity contribution in [1.29, 1.82) is 0 Å². The van der Waals surface area contributed by atoms with E-state index in [4.69, 9.17) is 9.52 Å². The smallest absolute Gasteiger partial charge is 0.303 e. The Morgan fingerprint density at radius 1 is 1.26 bits per heavy atom. The molecule has 0 unspecified atom stereocenters. The molecule has 2 aromatic rings. The van der Waals surface area contributed by atoms with Crippen LogP contribution in [0.15, 0.2) is 22.6 Å². The van der Waals surface area contributed by atoms with Crippen LogP contribution in [0.3, 0.4) is 0 Å². The van der Waals surface area contributed by atoms with Gasteiger partial charge in [0.15, 0.2) is 11.5 Å². The maximum atomic E-state index is 11.8. The normalized spacial score (nSPS) is 10.6. The number of benzene rings is 1. The highest BCUT2D eigenvalue weighted by molar-refractivity contribution is 6.44. The molecule has 1 N–H and O–H groups in total. The monoisotopic (exact) mass is 261 g/mol. The molecule has 0 aliphatic rings. The number of aryl methyl sites for hydroxylation is 1. The lowest BCUT2D eigenvalue weighted by Crippen LogP contribution is -2.15. The molecule has 0 amide bonds. The van der Waals surface area contributed by atoms with Gasteiger partial charge in [-0.15, -0.1) is 0 Å². The maximum absolute atomic E-state index is 11.8. The number of nitrogens with zero attached hydrogens (tertiary/aromatic N) is 1. The number of carboxylic acid groups (broad SMARTS) is 1. The number of aromatic nitrogens is 1. The Balaban J connectivity index is 2.21. The molecule has 6 heteroatoms. The maximum Gasteiger partial charge on any atom is 0.303 e. The topological polar surface area (TPSA) is 97.5 Å². The van der Waals surface area contributed by atoms with Gasteiger partial charge < -0.3 is 9.52 Å². The fraction of sp³-hybridized carbons (Fsp3) is 0.231. The summed E-state index contributed by atoms with van der Waals surface area (Å²) in [6.07, 6.45) is -0.653. The molecule has 1 aromatic carbocycles. The number of carboxylic acids is 1. The first-order chi connectivity index (χ1) is 8.97. The van der Waals surface area contributed by atoms with E-state index in [1.807, 2.05) is 0 Å². The van der Waals surface area contributed by atoms with Crippen molar-refractivity contribution >= 4 is 28.6 Å². The van der Waals surface area contributed by atoms with Gasteiger partial charge in [0.1, 0.15) is 5.52 Å². The van der Waals surface area contributed by atoms with Crippen LogP contribution in [0.2, 0.25) is 0 Å². The van der Waals surface area contributed by atoms with Gasteiger partial charge in [0.2, 0.25) is 11.6 Å². The van der Waals surface area contributed by atoms with E-state index < -0.39 is 17.5 Å². The van der Waals surface area contributed by atoms with E-state index in [2.05, 4.69) is 4.98 Å². The van der Waals surface area contributed by atoms with Crippen LogP contribution in [0.5, 0.6) is 0 Å². The van der Waals surface area contributed by atoms with Crippen LogP contribution in [-0.2, 0) is 9.59 Å². The number of carbonyl (C=O) groups excluding carboxylic acids is 2. The molecule has 1 aromatic heterocycles. The van der Waals surface area contributed by atoms with Gasteiger partial charge in [-0.2, -0.15) is 0 Å². The van der Waals surface area contributed by atoms with Crippen molar-refractivity contribution in [3.8, 4) is 0 Å². The van der Waals surface area contributed by atoms with Crippen LogP contribution in [0.1, 0.15) is 29.1 Å². The second-order valence-electron chi connectivity index (χ2n) is 4.06. The highest BCUT2D eigenvalue weighted by atomic mass is 16.4. The van der Waals surface area contributed by atoms with Crippen LogP contribution in [0.4, 0.5) is 0 Å². The molecule has 6 nitrogen and oxygen atoms in total. The van der Waals surface area contributed by atoms with Crippen molar-refractivity contribution in [2.45, 2.75) is 19.8 Å². The number of hydrogen-bond donors (Lipinski definition) is 1. The zero-order valence-electron chi connectivity index (χ0n) is 10.2. The van der Waals surface area contributed by atoms with Gasteiger partial charge in [-0.05, 0) is 18.2 Å². The molecule has 98 valence electrons. The third-order valence-corrected chi connectivity index (χ3v) is 2.58. The SMILES string of the molecule is Cc1nc2cc(C(=O)C(=O)CCC(=O)O)ccc2o1. The Labute approximate surface area is 108 Å². The van der Waals surface area contributed by atoms with E-state index in [0.717, 1.165) is 0 Å². The van der Waals surface area contributed by atoms with Crippen molar-refractivity contribution in [3.05, 3.63) is 29.7 Å². The third kappa shape index (κ3) is 2.85.